The van der Waals surface area contributed by atoms with Crippen molar-refractivity contribution in [3.63, 3.8) is 0 Å². The Morgan fingerprint density at radius 1 is 0.967 bits per heavy atom. The number of hydrogen-bond donors (Lipinski definition) is 0. The quantitative estimate of drug-likeness (QED) is 0.681. The molecule has 2 fully saturated rings. The highest BCUT2D eigenvalue weighted by molar-refractivity contribution is 9.10. The molecule has 1 aromatic carbocycles. The van der Waals surface area contributed by atoms with Crippen LogP contribution in [0.4, 0.5) is 5.82 Å². The highest BCUT2D eigenvalue weighted by Gasteiger charge is 2.46. The zero-order valence-corrected chi connectivity index (χ0v) is 18.6. The first-order chi connectivity index (χ1) is 14.7. The van der Waals surface area contributed by atoms with E-state index in [4.69, 9.17) is 9.47 Å². The van der Waals surface area contributed by atoms with Gasteiger partial charge in [-0.15, -0.1) is 0 Å². The highest BCUT2D eigenvalue weighted by atomic mass is 79.9. The molecule has 5 rings (SSSR count). The third kappa shape index (κ3) is 3.53. The monoisotopic (exact) mass is 471 g/mol. The molecule has 1 aliphatic carbocycles. The average Bonchev–Trinajstić information content (AvgIpc) is 3.30. The number of nitrogens with zero attached hydrogens (tertiary/aromatic N) is 3. The Bertz CT molecular complexity index is 920. The molecule has 30 heavy (non-hydrogen) atoms. The zero-order chi connectivity index (χ0) is 20.6. The van der Waals surface area contributed by atoms with Crippen LogP contribution in [0.1, 0.15) is 31.2 Å². The fourth-order valence-electron chi connectivity index (χ4n) is 4.94. The molecule has 1 saturated heterocycles. The van der Waals surface area contributed by atoms with Gasteiger partial charge in [-0.25, -0.2) is 4.98 Å². The molecule has 0 spiro atoms. The summed E-state index contributed by atoms with van der Waals surface area (Å²) in [5, 5.41) is 0. The number of rotatable bonds is 3. The molecule has 1 saturated carbocycles. The number of carbonyl (C=O) groups is 1. The SMILES string of the molecule is O=C(N1CCN(c2ccc(Br)cn2)CC1)C1(c2ccc3c(c2)OCCO3)CCCC1. The summed E-state index contributed by atoms with van der Waals surface area (Å²) in [6.45, 7) is 4.19. The van der Waals surface area contributed by atoms with E-state index in [1.54, 1.807) is 0 Å². The summed E-state index contributed by atoms with van der Waals surface area (Å²) in [7, 11) is 0. The van der Waals surface area contributed by atoms with Crippen molar-refractivity contribution in [3.8, 4) is 11.5 Å². The van der Waals surface area contributed by atoms with Crippen molar-refractivity contribution >= 4 is 27.7 Å². The number of carbonyl (C=O) groups excluding carboxylic acids is 1. The average molecular weight is 472 g/mol. The molecule has 0 N–H and O–H groups in total. The van der Waals surface area contributed by atoms with Crippen LogP contribution < -0.4 is 14.4 Å². The summed E-state index contributed by atoms with van der Waals surface area (Å²) in [5.41, 5.74) is 0.639. The summed E-state index contributed by atoms with van der Waals surface area (Å²) in [6.07, 6.45) is 5.80. The van der Waals surface area contributed by atoms with Gasteiger partial charge in [-0.1, -0.05) is 18.9 Å². The summed E-state index contributed by atoms with van der Waals surface area (Å²) in [4.78, 5) is 22.6. The Morgan fingerprint density at radius 3 is 2.40 bits per heavy atom. The van der Waals surface area contributed by atoms with Crippen molar-refractivity contribution in [3.05, 3.63) is 46.6 Å². The van der Waals surface area contributed by atoms with E-state index < -0.39 is 5.41 Å². The smallest absolute Gasteiger partial charge is 0.233 e. The topological polar surface area (TPSA) is 54.9 Å². The van der Waals surface area contributed by atoms with Gasteiger partial charge in [0.05, 0.1) is 5.41 Å². The van der Waals surface area contributed by atoms with E-state index in [1.807, 2.05) is 30.5 Å². The van der Waals surface area contributed by atoms with Gasteiger partial charge in [-0.3, -0.25) is 4.79 Å². The lowest BCUT2D eigenvalue weighted by Crippen LogP contribution is -2.54. The van der Waals surface area contributed by atoms with Crippen LogP contribution in [0.5, 0.6) is 11.5 Å². The molecular weight excluding hydrogens is 446 g/mol. The molecule has 3 heterocycles. The first-order valence-electron chi connectivity index (χ1n) is 10.7. The number of halogens is 1. The minimum atomic E-state index is -0.437. The Morgan fingerprint density at radius 2 is 1.70 bits per heavy atom. The van der Waals surface area contributed by atoms with E-state index in [-0.39, 0.29) is 5.91 Å². The van der Waals surface area contributed by atoms with Crippen LogP contribution in [0.3, 0.4) is 0 Å². The number of fused-ring (bicyclic) bond motifs is 1. The maximum Gasteiger partial charge on any atom is 0.233 e. The number of benzene rings is 1. The lowest BCUT2D eigenvalue weighted by molar-refractivity contribution is -0.137. The van der Waals surface area contributed by atoms with Crippen LogP contribution in [0.15, 0.2) is 41.0 Å². The highest BCUT2D eigenvalue weighted by Crippen LogP contribution is 2.45. The van der Waals surface area contributed by atoms with Crippen molar-refractivity contribution in [2.45, 2.75) is 31.1 Å². The Balaban J connectivity index is 1.34. The van der Waals surface area contributed by atoms with Crippen molar-refractivity contribution < 1.29 is 14.3 Å². The standard InChI is InChI=1S/C23H26BrN3O3/c24-18-4-6-21(25-16-18)26-9-11-27(12-10-26)22(28)23(7-1-2-8-23)17-3-5-19-20(15-17)30-14-13-29-19/h3-6,15-16H,1-2,7-14H2. The lowest BCUT2D eigenvalue weighted by Gasteiger charge is -2.40. The molecule has 2 aliphatic heterocycles. The minimum absolute atomic E-state index is 0.264. The van der Waals surface area contributed by atoms with E-state index in [1.165, 1.54) is 0 Å². The number of ether oxygens (including phenoxy) is 2. The van der Waals surface area contributed by atoms with Gasteiger partial charge in [0.1, 0.15) is 19.0 Å². The van der Waals surface area contributed by atoms with Gasteiger partial charge in [-0.05, 0) is 58.6 Å². The van der Waals surface area contributed by atoms with Crippen molar-refractivity contribution in [2.75, 3.05) is 44.3 Å². The molecule has 7 heteroatoms. The summed E-state index contributed by atoms with van der Waals surface area (Å²) < 4.78 is 12.5. The minimum Gasteiger partial charge on any atom is -0.486 e. The van der Waals surface area contributed by atoms with Crippen molar-refractivity contribution in [1.29, 1.82) is 0 Å². The van der Waals surface area contributed by atoms with Crippen LogP contribution in [0, 0.1) is 0 Å². The third-order valence-corrected chi connectivity index (χ3v) is 7.03. The van der Waals surface area contributed by atoms with Gasteiger partial charge < -0.3 is 19.3 Å². The molecular formula is C23H26BrN3O3. The fourth-order valence-corrected chi connectivity index (χ4v) is 5.18. The molecule has 1 amide bonds. The summed E-state index contributed by atoms with van der Waals surface area (Å²) >= 11 is 3.44. The van der Waals surface area contributed by atoms with Gasteiger partial charge in [0.2, 0.25) is 5.91 Å². The number of aromatic nitrogens is 1. The molecule has 0 atom stereocenters. The number of anilines is 1. The number of amides is 1. The van der Waals surface area contributed by atoms with E-state index >= 15 is 0 Å². The van der Waals surface area contributed by atoms with E-state index in [0.29, 0.717) is 13.2 Å². The molecule has 6 nitrogen and oxygen atoms in total. The Labute approximate surface area is 185 Å². The van der Waals surface area contributed by atoms with Crippen LogP contribution in [0.25, 0.3) is 0 Å². The van der Waals surface area contributed by atoms with Crippen molar-refractivity contribution in [1.82, 2.24) is 9.88 Å². The molecule has 3 aliphatic rings. The Hall–Kier alpha value is -2.28. The van der Waals surface area contributed by atoms with Crippen LogP contribution in [-0.4, -0.2) is 55.2 Å². The largest absolute Gasteiger partial charge is 0.486 e. The third-order valence-electron chi connectivity index (χ3n) is 6.56. The van der Waals surface area contributed by atoms with Gasteiger partial charge >= 0.3 is 0 Å². The second-order valence-electron chi connectivity index (χ2n) is 8.26. The van der Waals surface area contributed by atoms with E-state index in [9.17, 15) is 4.79 Å². The van der Waals surface area contributed by atoms with E-state index in [0.717, 1.165) is 79.2 Å². The predicted octanol–water partition coefficient (Wildman–Crippen LogP) is 3.78. The van der Waals surface area contributed by atoms with Gasteiger partial charge in [-0.2, -0.15) is 0 Å². The number of pyridine rings is 1. The van der Waals surface area contributed by atoms with Crippen molar-refractivity contribution in [2.24, 2.45) is 0 Å². The Kier molecular flexibility index (Phi) is 5.31. The summed E-state index contributed by atoms with van der Waals surface area (Å²) in [5.74, 6) is 2.78. The van der Waals surface area contributed by atoms with Crippen LogP contribution >= 0.6 is 15.9 Å². The van der Waals surface area contributed by atoms with Gasteiger partial charge in [0, 0.05) is 36.8 Å². The zero-order valence-electron chi connectivity index (χ0n) is 17.0. The molecule has 2 aromatic rings. The first kappa shape index (κ1) is 19.7. The van der Waals surface area contributed by atoms with E-state index in [2.05, 4.69) is 36.8 Å². The van der Waals surface area contributed by atoms with Gasteiger partial charge in [0.25, 0.3) is 0 Å². The second kappa shape index (κ2) is 8.10. The molecule has 0 radical (unpaired) electrons. The first-order valence-corrected chi connectivity index (χ1v) is 11.5. The summed E-state index contributed by atoms with van der Waals surface area (Å²) in [6, 6.07) is 10.1. The predicted molar refractivity (Wildman–Crippen MR) is 118 cm³/mol. The van der Waals surface area contributed by atoms with Crippen LogP contribution in [-0.2, 0) is 10.2 Å². The number of hydrogen-bond acceptors (Lipinski definition) is 5. The number of piperazine rings is 1. The normalized spacial score (nSPS) is 20.3. The van der Waals surface area contributed by atoms with Gasteiger partial charge in [0.15, 0.2) is 11.5 Å². The second-order valence-corrected chi connectivity index (χ2v) is 9.18. The molecule has 0 bridgehead atoms. The maximum absolute atomic E-state index is 13.8. The molecule has 1 aromatic heterocycles. The fraction of sp³-hybridized carbons (Fsp3) is 0.478. The lowest BCUT2D eigenvalue weighted by atomic mass is 9.77. The van der Waals surface area contributed by atoms with Crippen LogP contribution in [0.2, 0.25) is 0 Å². The molecule has 158 valence electrons. The maximum atomic E-state index is 13.8. The molecule has 0 unspecified atom stereocenters.